The van der Waals surface area contributed by atoms with Crippen LogP contribution in [-0.2, 0) is 18.8 Å². The molecule has 7 heteroatoms. The summed E-state index contributed by atoms with van der Waals surface area (Å²) in [5.41, 5.74) is 8.50. The van der Waals surface area contributed by atoms with Gasteiger partial charge in [-0.3, -0.25) is 0 Å². The molecule has 0 saturated carbocycles. The van der Waals surface area contributed by atoms with Gasteiger partial charge in [-0.1, -0.05) is 0 Å². The first-order chi connectivity index (χ1) is 12.9. The van der Waals surface area contributed by atoms with E-state index in [-0.39, 0.29) is 12.2 Å². The summed E-state index contributed by atoms with van der Waals surface area (Å²) in [6.07, 6.45) is 2.30. The van der Waals surface area contributed by atoms with Gasteiger partial charge >= 0.3 is 6.82 Å². The second-order valence-corrected chi connectivity index (χ2v) is 8.22. The van der Waals surface area contributed by atoms with Crippen molar-refractivity contribution in [2.45, 2.75) is 46.8 Å². The van der Waals surface area contributed by atoms with Crippen molar-refractivity contribution < 1.29 is 23.3 Å². The summed E-state index contributed by atoms with van der Waals surface area (Å²) in [6, 6.07) is 2.23. The number of hydrogen-bond donors (Lipinski definition) is 0. The molecule has 1 aromatic heterocycles. The zero-order valence-electron chi connectivity index (χ0n) is 16.7. The second-order valence-electron chi connectivity index (χ2n) is 8.22. The molecule has 0 atom stereocenters. The zero-order chi connectivity index (χ0) is 18.9. The highest BCUT2D eigenvalue weighted by Gasteiger charge is 2.58. The van der Waals surface area contributed by atoms with Crippen LogP contribution in [-0.4, -0.2) is 60.1 Å². The number of aromatic nitrogens is 1. The van der Waals surface area contributed by atoms with Gasteiger partial charge in [-0.2, -0.15) is 0 Å². The molecule has 2 fully saturated rings. The first-order valence-electron chi connectivity index (χ1n) is 9.80. The van der Waals surface area contributed by atoms with Gasteiger partial charge in [0.1, 0.15) is 5.71 Å². The number of hydrogen-bond acceptors (Lipinski definition) is 4. The number of rotatable bonds is 4. The summed E-state index contributed by atoms with van der Waals surface area (Å²) in [4.78, 5) is 0. The maximum atomic E-state index is 6.78. The van der Waals surface area contributed by atoms with Crippen molar-refractivity contribution in [1.29, 1.82) is 0 Å². The molecule has 0 aliphatic carbocycles. The molecule has 5 heterocycles. The smallest absolute Gasteiger partial charge is 0.477 e. The summed E-state index contributed by atoms with van der Waals surface area (Å²) in [7, 11) is 0. The molecule has 5 rings (SSSR count). The Balaban J connectivity index is 1.78. The minimum Gasteiger partial charge on any atom is -0.477 e. The molecule has 4 aliphatic heterocycles. The number of fused-ring (bicyclic) bond motifs is 2. The molecule has 0 bridgehead atoms. The van der Waals surface area contributed by atoms with Crippen molar-refractivity contribution >= 4 is 18.1 Å². The van der Waals surface area contributed by atoms with Crippen LogP contribution >= 0.6 is 0 Å². The van der Waals surface area contributed by atoms with Gasteiger partial charge < -0.3 is 27.7 Å². The van der Waals surface area contributed by atoms with E-state index in [1.165, 1.54) is 28.1 Å². The molecular formula is C20H27BN2O4. The van der Waals surface area contributed by atoms with Crippen LogP contribution in [0.15, 0.2) is 23.4 Å². The van der Waals surface area contributed by atoms with Crippen molar-refractivity contribution in [3.05, 3.63) is 40.4 Å². The summed E-state index contributed by atoms with van der Waals surface area (Å²) in [5, 5.41) is 0. The monoisotopic (exact) mass is 370 g/mol. The second kappa shape index (κ2) is 5.91. The molecule has 6 nitrogen and oxygen atoms in total. The zero-order valence-corrected chi connectivity index (χ0v) is 16.7. The molecular weight excluding hydrogens is 343 g/mol. The molecule has 0 radical (unpaired) electrons. The summed E-state index contributed by atoms with van der Waals surface area (Å²) < 4.78 is 29.0. The van der Waals surface area contributed by atoms with Crippen molar-refractivity contribution in [2.75, 3.05) is 26.4 Å². The molecule has 1 aromatic rings. The van der Waals surface area contributed by atoms with Crippen LogP contribution in [0, 0.1) is 13.8 Å². The fourth-order valence-corrected chi connectivity index (χ4v) is 5.02. The number of allylic oxidation sites excluding steroid dienone is 3. The quantitative estimate of drug-likeness (QED) is 0.764. The third kappa shape index (κ3) is 2.32. The van der Waals surface area contributed by atoms with Crippen LogP contribution in [0.1, 0.15) is 37.7 Å². The van der Waals surface area contributed by atoms with Crippen molar-refractivity contribution in [3.63, 3.8) is 0 Å². The van der Waals surface area contributed by atoms with Crippen molar-refractivity contribution in [1.82, 2.24) is 4.48 Å². The molecule has 0 amide bonds. The molecule has 4 aliphatic rings. The number of ether oxygens (including phenoxy) is 2. The fourth-order valence-electron chi connectivity index (χ4n) is 5.02. The Hall–Kier alpha value is -1.67. The Kier molecular flexibility index (Phi) is 3.82. The molecule has 2 saturated heterocycles. The third-order valence-corrected chi connectivity index (χ3v) is 6.16. The van der Waals surface area contributed by atoms with Crippen molar-refractivity contribution in [2.24, 2.45) is 0 Å². The lowest BCUT2D eigenvalue weighted by atomic mass is 9.78. The van der Waals surface area contributed by atoms with Crippen LogP contribution in [0.5, 0.6) is 0 Å². The van der Waals surface area contributed by atoms with E-state index in [4.69, 9.17) is 18.8 Å². The summed E-state index contributed by atoms with van der Waals surface area (Å²) >= 11 is 0. The minimum absolute atomic E-state index is 0.0364. The predicted molar refractivity (Wildman–Crippen MR) is 104 cm³/mol. The van der Waals surface area contributed by atoms with E-state index < -0.39 is 6.82 Å². The summed E-state index contributed by atoms with van der Waals surface area (Å²) in [5.74, 6) is 0. The SMILES string of the molecule is CC1=CC(C)=[N+]2C1=C(C)c1c(C)cc(C)n1[B-]2(OC1COC1)OC1COC1. The number of nitrogens with zero attached hydrogens (tertiary/aromatic N) is 2. The van der Waals surface area contributed by atoms with Gasteiger partial charge in [-0.05, 0) is 45.0 Å². The van der Waals surface area contributed by atoms with Gasteiger partial charge in [-0.25, -0.2) is 0 Å². The Morgan fingerprint density at radius 1 is 1.00 bits per heavy atom. The average Bonchev–Trinajstić information content (AvgIpc) is 3.00. The Morgan fingerprint density at radius 3 is 2.11 bits per heavy atom. The minimum atomic E-state index is -1.94. The van der Waals surface area contributed by atoms with Crippen LogP contribution in [0.3, 0.4) is 0 Å². The van der Waals surface area contributed by atoms with E-state index >= 15 is 0 Å². The molecule has 0 N–H and O–H groups in total. The van der Waals surface area contributed by atoms with Crippen LogP contribution in [0.4, 0.5) is 0 Å². The van der Waals surface area contributed by atoms with E-state index in [1.54, 1.807) is 0 Å². The maximum Gasteiger partial charge on any atom is 0.666 e. The first-order valence-corrected chi connectivity index (χ1v) is 9.80. The molecule has 144 valence electrons. The Labute approximate surface area is 160 Å². The largest absolute Gasteiger partial charge is 0.666 e. The lowest BCUT2D eigenvalue weighted by Gasteiger charge is -2.49. The van der Waals surface area contributed by atoms with E-state index in [1.807, 2.05) is 0 Å². The fraction of sp³-hybridized carbons (Fsp3) is 0.550. The van der Waals surface area contributed by atoms with Crippen LogP contribution in [0.2, 0.25) is 0 Å². The molecule has 0 spiro atoms. The summed E-state index contributed by atoms with van der Waals surface area (Å²) in [6.45, 7) is 11.3. The Morgan fingerprint density at radius 2 is 1.59 bits per heavy atom. The lowest BCUT2D eigenvalue weighted by molar-refractivity contribution is -0.398. The molecule has 0 aromatic carbocycles. The normalized spacial score (nSPS) is 24.6. The van der Waals surface area contributed by atoms with Gasteiger partial charge in [0.2, 0.25) is 0 Å². The standard InChI is InChI=1S/C20H27BN2O4/c1-12-6-14(3)22-19(12)16(5)20-13(2)7-15(4)23(20)21(22,26-17-8-24-9-17)27-18-10-25-11-18/h6-7,17-18H,8-11H2,1-5H3. The third-order valence-electron chi connectivity index (χ3n) is 6.16. The highest BCUT2D eigenvalue weighted by molar-refractivity contribution is 6.60. The van der Waals surface area contributed by atoms with E-state index in [0.717, 1.165) is 11.4 Å². The van der Waals surface area contributed by atoms with Gasteiger partial charge in [0.15, 0.2) is 5.70 Å². The van der Waals surface area contributed by atoms with Crippen molar-refractivity contribution in [3.8, 4) is 0 Å². The van der Waals surface area contributed by atoms with Gasteiger partial charge in [-0.15, -0.1) is 0 Å². The average molecular weight is 370 g/mol. The predicted octanol–water partition coefficient (Wildman–Crippen LogP) is 2.40. The highest BCUT2D eigenvalue weighted by Crippen LogP contribution is 2.42. The number of aryl methyl sites for hydroxylation is 2. The van der Waals surface area contributed by atoms with E-state index in [2.05, 4.69) is 55.7 Å². The first kappa shape index (κ1) is 17.4. The highest BCUT2D eigenvalue weighted by atomic mass is 16.7. The van der Waals surface area contributed by atoms with Gasteiger partial charge in [0.25, 0.3) is 0 Å². The van der Waals surface area contributed by atoms with E-state index in [0.29, 0.717) is 26.4 Å². The molecule has 27 heavy (non-hydrogen) atoms. The maximum absolute atomic E-state index is 6.78. The van der Waals surface area contributed by atoms with Crippen LogP contribution < -0.4 is 0 Å². The topological polar surface area (TPSA) is 44.9 Å². The van der Waals surface area contributed by atoms with Gasteiger partial charge in [0, 0.05) is 29.8 Å². The Bertz CT molecular complexity index is 903. The lowest BCUT2D eigenvalue weighted by Crippen LogP contribution is -2.68. The van der Waals surface area contributed by atoms with Crippen LogP contribution in [0.25, 0.3) is 5.57 Å². The molecule has 0 unspecified atom stereocenters. The van der Waals surface area contributed by atoms with E-state index in [9.17, 15) is 0 Å². The van der Waals surface area contributed by atoms with Gasteiger partial charge in [0.05, 0.1) is 38.6 Å².